The number of terminal acetylenes is 1. The van der Waals surface area contributed by atoms with Gasteiger partial charge in [0.1, 0.15) is 5.75 Å². The first-order chi connectivity index (χ1) is 8.19. The third kappa shape index (κ3) is 4.41. The van der Waals surface area contributed by atoms with Gasteiger partial charge in [-0.3, -0.25) is 0 Å². The molecular weight excluding hydrogens is 278 g/mol. The first kappa shape index (κ1) is 14.1. The normalized spacial score (nSPS) is 11.9. The Bertz CT molecular complexity index is 398. The highest BCUT2D eigenvalue weighted by molar-refractivity contribution is 9.10. The summed E-state index contributed by atoms with van der Waals surface area (Å²) in [5.74, 6) is 3.47. The molecule has 17 heavy (non-hydrogen) atoms. The molecule has 0 aromatic heterocycles. The van der Waals surface area contributed by atoms with Crippen molar-refractivity contribution in [1.82, 2.24) is 5.32 Å². The number of halogens is 1. The van der Waals surface area contributed by atoms with E-state index in [0.717, 1.165) is 22.3 Å². The van der Waals surface area contributed by atoms with Crippen molar-refractivity contribution in [1.29, 1.82) is 0 Å². The van der Waals surface area contributed by atoms with Crippen LogP contribution in [0.1, 0.15) is 31.9 Å². The van der Waals surface area contributed by atoms with Crippen LogP contribution in [0.5, 0.6) is 5.75 Å². The van der Waals surface area contributed by atoms with Crippen molar-refractivity contribution in [2.45, 2.75) is 26.3 Å². The molecule has 1 rings (SSSR count). The number of ether oxygens (including phenoxy) is 1. The van der Waals surface area contributed by atoms with Crippen LogP contribution in [-0.2, 0) is 0 Å². The van der Waals surface area contributed by atoms with E-state index in [1.807, 2.05) is 12.1 Å². The second-order valence-electron chi connectivity index (χ2n) is 3.76. The highest BCUT2D eigenvalue weighted by atomic mass is 79.9. The largest absolute Gasteiger partial charge is 0.492 e. The van der Waals surface area contributed by atoms with Crippen LogP contribution in [0, 0.1) is 12.3 Å². The third-order valence-electron chi connectivity index (χ3n) is 2.45. The maximum absolute atomic E-state index is 5.70. The van der Waals surface area contributed by atoms with Crippen LogP contribution in [-0.4, -0.2) is 13.2 Å². The van der Waals surface area contributed by atoms with E-state index in [-0.39, 0.29) is 6.04 Å². The van der Waals surface area contributed by atoms with Gasteiger partial charge in [-0.2, -0.15) is 0 Å². The van der Waals surface area contributed by atoms with Crippen molar-refractivity contribution in [3.63, 3.8) is 0 Å². The predicted molar refractivity (Wildman–Crippen MR) is 75.2 cm³/mol. The molecule has 0 fully saturated rings. The van der Waals surface area contributed by atoms with Crippen LogP contribution in [0.4, 0.5) is 0 Å². The van der Waals surface area contributed by atoms with Gasteiger partial charge in [0.25, 0.3) is 0 Å². The van der Waals surface area contributed by atoms with Crippen molar-refractivity contribution < 1.29 is 4.74 Å². The molecular formula is C14H18BrNO. The third-order valence-corrected chi connectivity index (χ3v) is 2.95. The summed E-state index contributed by atoms with van der Waals surface area (Å²) in [7, 11) is 0. The summed E-state index contributed by atoms with van der Waals surface area (Å²) in [4.78, 5) is 0. The smallest absolute Gasteiger partial charge is 0.124 e. The fourth-order valence-corrected chi connectivity index (χ4v) is 2.00. The van der Waals surface area contributed by atoms with Gasteiger partial charge < -0.3 is 10.1 Å². The summed E-state index contributed by atoms with van der Waals surface area (Å²) in [6.45, 7) is 5.70. The lowest BCUT2D eigenvalue weighted by atomic mass is 10.1. The molecule has 0 radical (unpaired) electrons. The van der Waals surface area contributed by atoms with Crippen molar-refractivity contribution in [3.05, 3.63) is 28.2 Å². The van der Waals surface area contributed by atoms with Gasteiger partial charge in [0, 0.05) is 22.5 Å². The summed E-state index contributed by atoms with van der Waals surface area (Å²) in [6, 6.07) is 6.30. The monoisotopic (exact) mass is 295 g/mol. The molecule has 0 aliphatic rings. The zero-order chi connectivity index (χ0) is 12.7. The van der Waals surface area contributed by atoms with Gasteiger partial charge in [0.05, 0.1) is 6.61 Å². The SMILES string of the molecule is C#CCCOc1ccc(Br)cc1C(C)NCC. The number of hydrogen-bond acceptors (Lipinski definition) is 2. The number of hydrogen-bond donors (Lipinski definition) is 1. The molecule has 0 saturated heterocycles. The molecule has 0 amide bonds. The van der Waals surface area contributed by atoms with Crippen LogP contribution in [0.3, 0.4) is 0 Å². The first-order valence-electron chi connectivity index (χ1n) is 5.78. The molecule has 0 saturated carbocycles. The quantitative estimate of drug-likeness (QED) is 0.640. The fraction of sp³-hybridized carbons (Fsp3) is 0.429. The average Bonchev–Trinajstić information content (AvgIpc) is 2.31. The summed E-state index contributed by atoms with van der Waals surface area (Å²) in [5, 5.41) is 3.38. The van der Waals surface area contributed by atoms with Crippen molar-refractivity contribution >= 4 is 15.9 Å². The van der Waals surface area contributed by atoms with Gasteiger partial charge in [-0.05, 0) is 31.7 Å². The molecule has 0 aliphatic heterocycles. The maximum atomic E-state index is 5.70. The molecule has 1 atom stereocenters. The Morgan fingerprint density at radius 2 is 2.29 bits per heavy atom. The number of nitrogens with one attached hydrogen (secondary N) is 1. The lowest BCUT2D eigenvalue weighted by Gasteiger charge is -2.17. The first-order valence-corrected chi connectivity index (χ1v) is 6.57. The van der Waals surface area contributed by atoms with Crippen LogP contribution >= 0.6 is 15.9 Å². The Kier molecular flexibility index (Phi) is 6.10. The summed E-state index contributed by atoms with van der Waals surface area (Å²) in [6.07, 6.45) is 5.84. The highest BCUT2D eigenvalue weighted by Gasteiger charge is 2.11. The van der Waals surface area contributed by atoms with Crippen molar-refractivity contribution in [3.8, 4) is 18.1 Å². The molecule has 1 aromatic carbocycles. The molecule has 0 bridgehead atoms. The van der Waals surface area contributed by atoms with E-state index >= 15 is 0 Å². The maximum Gasteiger partial charge on any atom is 0.124 e. The summed E-state index contributed by atoms with van der Waals surface area (Å²) in [5.41, 5.74) is 1.15. The van der Waals surface area contributed by atoms with Gasteiger partial charge in [0.15, 0.2) is 0 Å². The average molecular weight is 296 g/mol. The molecule has 92 valence electrons. The minimum absolute atomic E-state index is 0.262. The topological polar surface area (TPSA) is 21.3 Å². The summed E-state index contributed by atoms with van der Waals surface area (Å²) < 4.78 is 6.75. The van der Waals surface area contributed by atoms with E-state index in [1.165, 1.54) is 0 Å². The molecule has 2 nitrogen and oxygen atoms in total. The van der Waals surface area contributed by atoms with Crippen molar-refractivity contribution in [2.24, 2.45) is 0 Å². The fourth-order valence-electron chi connectivity index (χ4n) is 1.63. The predicted octanol–water partition coefficient (Wildman–Crippen LogP) is 3.52. The van der Waals surface area contributed by atoms with E-state index in [2.05, 4.69) is 47.1 Å². The molecule has 0 aliphatic carbocycles. The second-order valence-corrected chi connectivity index (χ2v) is 4.68. The lowest BCUT2D eigenvalue weighted by molar-refractivity contribution is 0.320. The van der Waals surface area contributed by atoms with E-state index in [9.17, 15) is 0 Å². The van der Waals surface area contributed by atoms with Gasteiger partial charge in [-0.15, -0.1) is 12.3 Å². The Hall–Kier alpha value is -0.980. The van der Waals surface area contributed by atoms with E-state index in [0.29, 0.717) is 13.0 Å². The molecule has 0 heterocycles. The number of benzene rings is 1. The van der Waals surface area contributed by atoms with Gasteiger partial charge >= 0.3 is 0 Å². The Morgan fingerprint density at radius 1 is 1.53 bits per heavy atom. The molecule has 3 heteroatoms. The van der Waals surface area contributed by atoms with Crippen LogP contribution < -0.4 is 10.1 Å². The second kappa shape index (κ2) is 7.37. The van der Waals surface area contributed by atoms with Crippen LogP contribution in [0.2, 0.25) is 0 Å². The van der Waals surface area contributed by atoms with E-state index in [1.54, 1.807) is 0 Å². The molecule has 0 spiro atoms. The molecule has 1 unspecified atom stereocenters. The Morgan fingerprint density at radius 3 is 2.94 bits per heavy atom. The highest BCUT2D eigenvalue weighted by Crippen LogP contribution is 2.28. The van der Waals surface area contributed by atoms with E-state index < -0.39 is 0 Å². The zero-order valence-electron chi connectivity index (χ0n) is 10.3. The Labute approximate surface area is 112 Å². The lowest BCUT2D eigenvalue weighted by Crippen LogP contribution is -2.18. The van der Waals surface area contributed by atoms with Crippen LogP contribution in [0.25, 0.3) is 0 Å². The minimum Gasteiger partial charge on any atom is -0.492 e. The van der Waals surface area contributed by atoms with Crippen LogP contribution in [0.15, 0.2) is 22.7 Å². The van der Waals surface area contributed by atoms with Crippen molar-refractivity contribution in [2.75, 3.05) is 13.2 Å². The van der Waals surface area contributed by atoms with E-state index in [4.69, 9.17) is 11.2 Å². The van der Waals surface area contributed by atoms with Gasteiger partial charge in [0.2, 0.25) is 0 Å². The molecule has 1 aromatic rings. The zero-order valence-corrected chi connectivity index (χ0v) is 11.9. The van der Waals surface area contributed by atoms with Gasteiger partial charge in [-0.25, -0.2) is 0 Å². The minimum atomic E-state index is 0.262. The van der Waals surface area contributed by atoms with Gasteiger partial charge in [-0.1, -0.05) is 22.9 Å². The number of rotatable bonds is 6. The Balaban J connectivity index is 2.84. The standard InChI is InChI=1S/C14H18BrNO/c1-4-6-9-17-14-8-7-12(15)10-13(14)11(3)16-5-2/h1,7-8,10-11,16H,5-6,9H2,2-3H3. The summed E-state index contributed by atoms with van der Waals surface area (Å²) >= 11 is 3.48. The molecule has 1 N–H and O–H groups in total.